The molecule has 3 nitrogen and oxygen atoms in total. The lowest BCUT2D eigenvalue weighted by atomic mass is 9.99. The first-order valence-electron chi connectivity index (χ1n) is 16.8. The van der Waals surface area contributed by atoms with E-state index in [4.69, 9.17) is 9.97 Å². The van der Waals surface area contributed by atoms with Crippen molar-refractivity contribution in [2.24, 2.45) is 0 Å². The lowest BCUT2D eigenvalue weighted by molar-refractivity contribution is 1.16. The second-order valence-electron chi connectivity index (χ2n) is 12.6. The average Bonchev–Trinajstić information content (AvgIpc) is 3.74. The smallest absolute Gasteiger partial charge is 0.160 e. The van der Waals surface area contributed by atoms with E-state index >= 15 is 0 Å². The summed E-state index contributed by atoms with van der Waals surface area (Å²) in [5, 5.41) is 5.06. The Hall–Kier alpha value is -6.36. The number of hydrogen-bond acceptors (Lipinski definition) is 3. The van der Waals surface area contributed by atoms with Crippen molar-refractivity contribution in [1.29, 1.82) is 0 Å². The minimum atomic E-state index is 0.699. The number of nitrogens with zero attached hydrogens (tertiary/aromatic N) is 3. The molecule has 10 aromatic rings. The second kappa shape index (κ2) is 11.7. The van der Waals surface area contributed by atoms with Crippen molar-refractivity contribution in [3.63, 3.8) is 0 Å². The van der Waals surface area contributed by atoms with Gasteiger partial charge in [-0.2, -0.15) is 0 Å². The number of rotatable bonds is 5. The van der Waals surface area contributed by atoms with Gasteiger partial charge in [0, 0.05) is 53.3 Å². The Morgan fingerprint density at radius 2 is 1.04 bits per heavy atom. The number of benzene rings is 7. The van der Waals surface area contributed by atoms with Crippen LogP contribution in [0.2, 0.25) is 0 Å². The van der Waals surface area contributed by atoms with Gasteiger partial charge >= 0.3 is 0 Å². The molecule has 0 amide bonds. The molecule has 50 heavy (non-hydrogen) atoms. The first kappa shape index (κ1) is 28.6. The van der Waals surface area contributed by atoms with Gasteiger partial charge in [-0.1, -0.05) is 133 Å². The quantitative estimate of drug-likeness (QED) is 0.185. The van der Waals surface area contributed by atoms with Gasteiger partial charge in [0.2, 0.25) is 0 Å². The maximum atomic E-state index is 5.25. The Balaban J connectivity index is 1.16. The van der Waals surface area contributed by atoms with E-state index in [9.17, 15) is 0 Å². The maximum Gasteiger partial charge on any atom is 0.160 e. The van der Waals surface area contributed by atoms with E-state index in [1.807, 2.05) is 17.4 Å². The van der Waals surface area contributed by atoms with Gasteiger partial charge in [-0.3, -0.25) is 0 Å². The molecule has 0 spiro atoms. The van der Waals surface area contributed by atoms with E-state index in [1.165, 1.54) is 53.1 Å². The topological polar surface area (TPSA) is 30.7 Å². The third-order valence-electron chi connectivity index (χ3n) is 9.62. The minimum Gasteiger partial charge on any atom is -0.309 e. The highest BCUT2D eigenvalue weighted by Crippen LogP contribution is 2.40. The van der Waals surface area contributed by atoms with Gasteiger partial charge in [0.05, 0.1) is 22.4 Å². The Morgan fingerprint density at radius 3 is 1.88 bits per heavy atom. The fourth-order valence-corrected chi connectivity index (χ4v) is 8.45. The Labute approximate surface area is 293 Å². The van der Waals surface area contributed by atoms with Crippen molar-refractivity contribution < 1.29 is 0 Å². The molecule has 234 valence electrons. The van der Waals surface area contributed by atoms with Crippen molar-refractivity contribution in [1.82, 2.24) is 14.5 Å². The molecule has 0 atom stereocenters. The lowest BCUT2D eigenvalue weighted by Crippen LogP contribution is -1.98. The highest BCUT2D eigenvalue weighted by molar-refractivity contribution is 7.25. The molecule has 0 aliphatic rings. The summed E-state index contributed by atoms with van der Waals surface area (Å²) in [6.07, 6.45) is 0. The van der Waals surface area contributed by atoms with Crippen LogP contribution < -0.4 is 0 Å². The second-order valence-corrected chi connectivity index (χ2v) is 13.7. The van der Waals surface area contributed by atoms with Gasteiger partial charge in [-0.25, -0.2) is 9.97 Å². The van der Waals surface area contributed by atoms with Crippen molar-refractivity contribution in [3.05, 3.63) is 176 Å². The van der Waals surface area contributed by atoms with Crippen LogP contribution in [0.1, 0.15) is 0 Å². The van der Waals surface area contributed by atoms with E-state index in [0.717, 1.165) is 33.8 Å². The van der Waals surface area contributed by atoms with Gasteiger partial charge in [-0.05, 0) is 53.6 Å². The molecule has 3 heterocycles. The molecule has 3 aromatic heterocycles. The fourth-order valence-electron chi connectivity index (χ4n) is 7.31. The zero-order valence-electron chi connectivity index (χ0n) is 27.0. The first-order chi connectivity index (χ1) is 24.8. The van der Waals surface area contributed by atoms with Crippen LogP contribution >= 0.6 is 11.3 Å². The minimum absolute atomic E-state index is 0.699. The summed E-state index contributed by atoms with van der Waals surface area (Å²) in [5.74, 6) is 0.699. The van der Waals surface area contributed by atoms with Gasteiger partial charge < -0.3 is 4.57 Å². The van der Waals surface area contributed by atoms with Gasteiger partial charge in [0.15, 0.2) is 5.82 Å². The van der Waals surface area contributed by atoms with Crippen LogP contribution in [-0.4, -0.2) is 14.5 Å². The summed E-state index contributed by atoms with van der Waals surface area (Å²) < 4.78 is 4.93. The Bertz CT molecular complexity index is 2870. The summed E-state index contributed by atoms with van der Waals surface area (Å²) >= 11 is 1.83. The predicted octanol–water partition coefficient (Wildman–Crippen LogP) is 12.6. The third-order valence-corrected chi connectivity index (χ3v) is 10.7. The summed E-state index contributed by atoms with van der Waals surface area (Å²) in [6.45, 7) is 0. The number of para-hydroxylation sites is 1. The summed E-state index contributed by atoms with van der Waals surface area (Å²) in [6, 6.07) is 62.5. The van der Waals surface area contributed by atoms with Gasteiger partial charge in [0.1, 0.15) is 0 Å². The largest absolute Gasteiger partial charge is 0.309 e. The Kier molecular flexibility index (Phi) is 6.68. The average molecular weight is 656 g/mol. The first-order valence-corrected chi connectivity index (χ1v) is 17.6. The third kappa shape index (κ3) is 4.73. The number of thiophene rings is 1. The van der Waals surface area contributed by atoms with Crippen LogP contribution in [0.5, 0.6) is 0 Å². The molecular formula is C46H29N3S. The monoisotopic (exact) mass is 655 g/mol. The molecule has 0 fully saturated rings. The number of hydrogen-bond donors (Lipinski definition) is 0. The summed E-state index contributed by atoms with van der Waals surface area (Å²) in [5.41, 5.74) is 10.8. The summed E-state index contributed by atoms with van der Waals surface area (Å²) in [7, 11) is 0. The normalized spacial score (nSPS) is 11.6. The molecule has 0 saturated carbocycles. The van der Waals surface area contributed by atoms with E-state index in [2.05, 4.69) is 174 Å². The highest BCUT2D eigenvalue weighted by atomic mass is 32.1. The van der Waals surface area contributed by atoms with E-state index < -0.39 is 0 Å². The van der Waals surface area contributed by atoms with Crippen molar-refractivity contribution in [2.45, 2.75) is 0 Å². The molecule has 0 N–H and O–H groups in total. The Morgan fingerprint density at radius 1 is 0.400 bits per heavy atom. The zero-order valence-corrected chi connectivity index (χ0v) is 27.8. The highest BCUT2D eigenvalue weighted by Gasteiger charge is 2.18. The predicted molar refractivity (Wildman–Crippen MR) is 211 cm³/mol. The molecule has 0 radical (unpaired) electrons. The molecule has 0 bridgehead atoms. The van der Waals surface area contributed by atoms with Crippen LogP contribution in [0.3, 0.4) is 0 Å². The van der Waals surface area contributed by atoms with Crippen molar-refractivity contribution in [2.75, 3.05) is 0 Å². The van der Waals surface area contributed by atoms with Gasteiger partial charge in [-0.15, -0.1) is 11.3 Å². The van der Waals surface area contributed by atoms with Crippen LogP contribution in [0.15, 0.2) is 176 Å². The van der Waals surface area contributed by atoms with Crippen LogP contribution in [-0.2, 0) is 0 Å². The molecule has 0 aliphatic carbocycles. The van der Waals surface area contributed by atoms with Gasteiger partial charge in [0.25, 0.3) is 0 Å². The summed E-state index contributed by atoms with van der Waals surface area (Å²) in [4.78, 5) is 10.4. The standard InChI is InChI=1S/C46H29N3S/c1-3-13-30(14-4-1)35-21-12-23-42-45(35)38-20-7-9-22-41(38)49(42)34-18-11-17-33(27-34)46-47-39(31-15-5-2-6-16-31)29-40(48-46)32-25-26-37-36-19-8-10-24-43(36)50-44(37)28-32/h1-29H. The van der Waals surface area contributed by atoms with E-state index in [-0.39, 0.29) is 0 Å². The molecular weight excluding hydrogens is 627 g/mol. The number of aromatic nitrogens is 3. The van der Waals surface area contributed by atoms with Crippen LogP contribution in [0.4, 0.5) is 0 Å². The SMILES string of the molecule is c1ccc(-c2cc(-c3ccc4c(c3)sc3ccccc34)nc(-c3cccc(-n4c5ccccc5c5c(-c6ccccc6)cccc54)c3)n2)cc1. The molecule has 0 unspecified atom stereocenters. The fraction of sp³-hybridized carbons (Fsp3) is 0. The van der Waals surface area contributed by atoms with E-state index in [0.29, 0.717) is 5.82 Å². The van der Waals surface area contributed by atoms with Crippen LogP contribution in [0.25, 0.3) is 92.7 Å². The maximum absolute atomic E-state index is 5.25. The van der Waals surface area contributed by atoms with Crippen LogP contribution in [0, 0.1) is 0 Å². The molecule has 0 saturated heterocycles. The van der Waals surface area contributed by atoms with Crippen molar-refractivity contribution in [3.8, 4) is 50.7 Å². The van der Waals surface area contributed by atoms with E-state index in [1.54, 1.807) is 0 Å². The molecule has 10 rings (SSSR count). The molecule has 0 aliphatic heterocycles. The molecule has 4 heteroatoms. The molecule has 7 aromatic carbocycles. The van der Waals surface area contributed by atoms with Crippen molar-refractivity contribution >= 4 is 53.3 Å². The number of fused-ring (bicyclic) bond motifs is 6. The zero-order chi connectivity index (χ0) is 33.0. The lowest BCUT2D eigenvalue weighted by Gasteiger charge is -2.12.